The van der Waals surface area contributed by atoms with Crippen LogP contribution in [0.2, 0.25) is 0 Å². The summed E-state index contributed by atoms with van der Waals surface area (Å²) < 4.78 is 36.4. The predicted octanol–water partition coefficient (Wildman–Crippen LogP) is 3.17. The summed E-state index contributed by atoms with van der Waals surface area (Å²) in [5, 5.41) is 7.12. The number of nitrogens with zero attached hydrogens (tertiary/aromatic N) is 1. The van der Waals surface area contributed by atoms with Crippen LogP contribution in [0, 0.1) is 0 Å². The van der Waals surface area contributed by atoms with E-state index in [1.807, 2.05) is 30.3 Å². The molecule has 0 radical (unpaired) electrons. The number of aliphatic carboxylic acids is 1. The molecule has 0 aliphatic rings. The number of carboxylic acids is 1. The third-order valence-electron chi connectivity index (χ3n) is 2.49. The predicted molar refractivity (Wildman–Crippen MR) is 74.7 cm³/mol. The molecule has 1 heterocycles. The number of pyridine rings is 1. The van der Waals surface area contributed by atoms with Crippen LogP contribution in [0.5, 0.6) is 0 Å². The van der Waals surface area contributed by atoms with Crippen molar-refractivity contribution >= 4 is 11.9 Å². The molecule has 122 valence electrons. The third-order valence-corrected chi connectivity index (χ3v) is 2.49. The van der Waals surface area contributed by atoms with Gasteiger partial charge in [0.25, 0.3) is 0 Å². The zero-order valence-electron chi connectivity index (χ0n) is 11.9. The molecule has 2 aromatic rings. The average molecular weight is 327 g/mol. The van der Waals surface area contributed by atoms with Crippen molar-refractivity contribution in [2.75, 3.05) is 7.11 Å². The molecule has 5 nitrogen and oxygen atoms in total. The number of esters is 1. The highest BCUT2D eigenvalue weighted by atomic mass is 19.4. The fraction of sp³-hybridized carbons (Fsp3) is 0.133. The SMILES string of the molecule is COC(=O)c1ccnc(-c2ccccc2)c1.O=C(O)C(F)(F)F. The van der Waals surface area contributed by atoms with Crippen LogP contribution in [0.1, 0.15) is 10.4 Å². The molecule has 8 heteroatoms. The van der Waals surface area contributed by atoms with Gasteiger partial charge in [-0.05, 0) is 12.1 Å². The number of halogens is 3. The molecule has 2 rings (SSSR count). The number of rotatable bonds is 2. The van der Waals surface area contributed by atoms with Gasteiger partial charge >= 0.3 is 18.1 Å². The molecule has 0 atom stereocenters. The maximum absolute atomic E-state index is 11.3. The maximum Gasteiger partial charge on any atom is 0.490 e. The van der Waals surface area contributed by atoms with E-state index < -0.39 is 12.1 Å². The number of carboxylic acid groups (broad SMARTS) is 1. The van der Waals surface area contributed by atoms with Crippen LogP contribution >= 0.6 is 0 Å². The van der Waals surface area contributed by atoms with Crippen LogP contribution < -0.4 is 0 Å². The molecule has 1 aromatic carbocycles. The van der Waals surface area contributed by atoms with Crippen molar-refractivity contribution in [1.29, 1.82) is 0 Å². The Bertz CT molecular complexity index is 672. The maximum atomic E-state index is 11.3. The summed E-state index contributed by atoms with van der Waals surface area (Å²) in [5.74, 6) is -3.10. The van der Waals surface area contributed by atoms with E-state index >= 15 is 0 Å². The number of methoxy groups -OCH3 is 1. The molecule has 0 amide bonds. The number of hydrogen-bond acceptors (Lipinski definition) is 4. The standard InChI is InChI=1S/C13H11NO2.C2HF3O2/c1-16-13(15)11-7-8-14-12(9-11)10-5-3-2-4-6-10;3-2(4,5)1(6)7/h2-9H,1H3;(H,6,7). The van der Waals surface area contributed by atoms with E-state index in [0.717, 1.165) is 11.3 Å². The van der Waals surface area contributed by atoms with Gasteiger partial charge in [0.05, 0.1) is 18.4 Å². The lowest BCUT2D eigenvalue weighted by Gasteiger charge is -2.02. The van der Waals surface area contributed by atoms with Gasteiger partial charge in [-0.1, -0.05) is 30.3 Å². The smallest absolute Gasteiger partial charge is 0.475 e. The molecule has 0 saturated carbocycles. The summed E-state index contributed by atoms with van der Waals surface area (Å²) in [4.78, 5) is 24.5. The van der Waals surface area contributed by atoms with Crippen molar-refractivity contribution in [1.82, 2.24) is 4.98 Å². The fourth-order valence-corrected chi connectivity index (χ4v) is 1.44. The topological polar surface area (TPSA) is 76.5 Å². The Hall–Kier alpha value is -2.90. The van der Waals surface area contributed by atoms with Gasteiger partial charge in [0.1, 0.15) is 0 Å². The van der Waals surface area contributed by atoms with E-state index in [0.29, 0.717) is 5.56 Å². The molecular weight excluding hydrogens is 315 g/mol. The van der Waals surface area contributed by atoms with E-state index in [2.05, 4.69) is 9.72 Å². The monoisotopic (exact) mass is 327 g/mol. The number of aromatic nitrogens is 1. The van der Waals surface area contributed by atoms with Crippen molar-refractivity contribution in [2.24, 2.45) is 0 Å². The molecule has 0 spiro atoms. The van der Waals surface area contributed by atoms with Gasteiger partial charge in [-0.25, -0.2) is 9.59 Å². The number of ether oxygens (including phenoxy) is 1. The quantitative estimate of drug-likeness (QED) is 0.857. The van der Waals surface area contributed by atoms with Crippen LogP contribution in [-0.4, -0.2) is 35.3 Å². The Labute approximate surface area is 129 Å². The minimum Gasteiger partial charge on any atom is -0.475 e. The zero-order valence-corrected chi connectivity index (χ0v) is 11.9. The van der Waals surface area contributed by atoms with Crippen molar-refractivity contribution < 1.29 is 32.6 Å². The Morgan fingerprint density at radius 3 is 2.17 bits per heavy atom. The van der Waals surface area contributed by atoms with E-state index in [4.69, 9.17) is 9.90 Å². The largest absolute Gasteiger partial charge is 0.490 e. The molecule has 1 aromatic heterocycles. The minimum atomic E-state index is -5.08. The van der Waals surface area contributed by atoms with Crippen LogP contribution in [0.25, 0.3) is 11.3 Å². The molecule has 0 unspecified atom stereocenters. The first kappa shape index (κ1) is 18.1. The number of benzene rings is 1. The second-order valence-electron chi connectivity index (χ2n) is 4.09. The lowest BCUT2D eigenvalue weighted by Crippen LogP contribution is -2.21. The summed E-state index contributed by atoms with van der Waals surface area (Å²) >= 11 is 0. The second-order valence-corrected chi connectivity index (χ2v) is 4.09. The molecule has 23 heavy (non-hydrogen) atoms. The first-order valence-electron chi connectivity index (χ1n) is 6.15. The third kappa shape index (κ3) is 5.77. The van der Waals surface area contributed by atoms with Gasteiger partial charge in [0.15, 0.2) is 0 Å². The lowest BCUT2D eigenvalue weighted by atomic mass is 10.1. The average Bonchev–Trinajstić information content (AvgIpc) is 2.54. The van der Waals surface area contributed by atoms with Crippen molar-refractivity contribution in [2.45, 2.75) is 6.18 Å². The highest BCUT2D eigenvalue weighted by molar-refractivity contribution is 5.90. The molecule has 0 aliphatic heterocycles. The van der Waals surface area contributed by atoms with Crippen molar-refractivity contribution in [3.05, 3.63) is 54.2 Å². The summed E-state index contributed by atoms with van der Waals surface area (Å²) in [7, 11) is 1.37. The lowest BCUT2D eigenvalue weighted by molar-refractivity contribution is -0.192. The molecule has 0 saturated heterocycles. The van der Waals surface area contributed by atoms with Crippen LogP contribution in [0.15, 0.2) is 48.7 Å². The first-order valence-corrected chi connectivity index (χ1v) is 6.15. The Morgan fingerprint density at radius 2 is 1.70 bits per heavy atom. The molecule has 0 aliphatic carbocycles. The van der Waals surface area contributed by atoms with Gasteiger partial charge in [0.2, 0.25) is 0 Å². The first-order chi connectivity index (χ1) is 10.8. The number of carbonyl (C=O) groups excluding carboxylic acids is 1. The second kappa shape index (κ2) is 7.92. The van der Waals surface area contributed by atoms with Crippen molar-refractivity contribution in [3.8, 4) is 11.3 Å². The highest BCUT2D eigenvalue weighted by Gasteiger charge is 2.38. The summed E-state index contributed by atoms with van der Waals surface area (Å²) in [6.07, 6.45) is -3.48. The fourth-order valence-electron chi connectivity index (χ4n) is 1.44. The number of carbonyl (C=O) groups is 2. The summed E-state index contributed by atoms with van der Waals surface area (Å²) in [6, 6.07) is 13.1. The van der Waals surface area contributed by atoms with Crippen LogP contribution in [-0.2, 0) is 9.53 Å². The normalized spacial score (nSPS) is 10.3. The van der Waals surface area contributed by atoms with Crippen molar-refractivity contribution in [3.63, 3.8) is 0 Å². The van der Waals surface area contributed by atoms with E-state index in [1.54, 1.807) is 18.3 Å². The Balaban J connectivity index is 0.000000322. The molecule has 0 fully saturated rings. The molecule has 0 bridgehead atoms. The van der Waals surface area contributed by atoms with Crippen LogP contribution in [0.3, 0.4) is 0 Å². The van der Waals surface area contributed by atoms with Gasteiger partial charge in [0, 0.05) is 11.8 Å². The van der Waals surface area contributed by atoms with Gasteiger partial charge in [-0.3, -0.25) is 4.98 Å². The van der Waals surface area contributed by atoms with E-state index in [1.165, 1.54) is 7.11 Å². The van der Waals surface area contributed by atoms with E-state index in [9.17, 15) is 18.0 Å². The number of hydrogen-bond donors (Lipinski definition) is 1. The molecular formula is C15H12F3NO4. The zero-order chi connectivity index (χ0) is 17.5. The van der Waals surface area contributed by atoms with Crippen LogP contribution in [0.4, 0.5) is 13.2 Å². The van der Waals surface area contributed by atoms with Gasteiger partial charge in [-0.2, -0.15) is 13.2 Å². The Morgan fingerprint density at radius 1 is 1.13 bits per heavy atom. The van der Waals surface area contributed by atoms with E-state index in [-0.39, 0.29) is 5.97 Å². The Kier molecular flexibility index (Phi) is 6.25. The van der Waals surface area contributed by atoms with Gasteiger partial charge < -0.3 is 9.84 Å². The number of alkyl halides is 3. The van der Waals surface area contributed by atoms with Gasteiger partial charge in [-0.15, -0.1) is 0 Å². The minimum absolute atomic E-state index is 0.348. The summed E-state index contributed by atoms with van der Waals surface area (Å²) in [6.45, 7) is 0. The molecule has 1 N–H and O–H groups in total. The summed E-state index contributed by atoms with van der Waals surface area (Å²) in [5.41, 5.74) is 2.26. The highest BCUT2D eigenvalue weighted by Crippen LogP contribution is 2.17.